The van der Waals surface area contributed by atoms with Crippen molar-refractivity contribution in [2.45, 2.75) is 26.2 Å². The van der Waals surface area contributed by atoms with Crippen LogP contribution in [0.5, 0.6) is 0 Å². The van der Waals surface area contributed by atoms with Gasteiger partial charge in [0.25, 0.3) is 5.91 Å². The van der Waals surface area contributed by atoms with Crippen molar-refractivity contribution in [3.05, 3.63) is 60.2 Å². The molecule has 158 valence electrons. The van der Waals surface area contributed by atoms with Crippen molar-refractivity contribution in [2.75, 3.05) is 26.3 Å². The molecule has 2 aromatic carbocycles. The fourth-order valence-corrected chi connectivity index (χ4v) is 3.52. The Morgan fingerprint density at radius 1 is 0.900 bits per heavy atom. The number of likely N-dealkylation sites (tertiary alicyclic amines) is 1. The predicted octanol–water partition coefficient (Wildman–Crippen LogP) is 3.24. The van der Waals surface area contributed by atoms with Gasteiger partial charge in [-0.1, -0.05) is 54.6 Å². The van der Waals surface area contributed by atoms with E-state index >= 15 is 0 Å². The van der Waals surface area contributed by atoms with Crippen molar-refractivity contribution in [3.8, 4) is 11.1 Å². The van der Waals surface area contributed by atoms with Gasteiger partial charge in [0.2, 0.25) is 0 Å². The van der Waals surface area contributed by atoms with Gasteiger partial charge in [-0.3, -0.25) is 14.4 Å². The van der Waals surface area contributed by atoms with Crippen molar-refractivity contribution in [2.24, 2.45) is 5.92 Å². The molecule has 0 saturated carbocycles. The molecule has 1 fully saturated rings. The highest BCUT2D eigenvalue weighted by molar-refractivity contribution is 5.82. The Morgan fingerprint density at radius 3 is 2.17 bits per heavy atom. The first-order chi connectivity index (χ1) is 14.6. The number of piperidine rings is 1. The monoisotopic (exact) mass is 409 g/mol. The fraction of sp³-hybridized carbons (Fsp3) is 0.375. The van der Waals surface area contributed by atoms with Crippen molar-refractivity contribution in [1.82, 2.24) is 4.90 Å². The van der Waals surface area contributed by atoms with Crippen LogP contribution in [0.2, 0.25) is 0 Å². The zero-order chi connectivity index (χ0) is 21.3. The van der Waals surface area contributed by atoms with Crippen LogP contribution in [0.15, 0.2) is 54.6 Å². The predicted molar refractivity (Wildman–Crippen MR) is 112 cm³/mol. The second-order valence-electron chi connectivity index (χ2n) is 7.31. The summed E-state index contributed by atoms with van der Waals surface area (Å²) in [6.07, 6.45) is 1.27. The first kappa shape index (κ1) is 21.6. The summed E-state index contributed by atoms with van der Waals surface area (Å²) in [7, 11) is 0. The van der Waals surface area contributed by atoms with Gasteiger partial charge in [-0.2, -0.15) is 0 Å². The van der Waals surface area contributed by atoms with Crippen LogP contribution < -0.4 is 0 Å². The summed E-state index contributed by atoms with van der Waals surface area (Å²) in [5.41, 5.74) is 3.03. The van der Waals surface area contributed by atoms with Crippen LogP contribution >= 0.6 is 0 Å². The van der Waals surface area contributed by atoms with E-state index in [9.17, 15) is 14.4 Å². The van der Waals surface area contributed by atoms with Crippen molar-refractivity contribution in [1.29, 1.82) is 0 Å². The second-order valence-corrected chi connectivity index (χ2v) is 7.31. The minimum Gasteiger partial charge on any atom is -0.466 e. The van der Waals surface area contributed by atoms with Crippen LogP contribution in [-0.2, 0) is 30.3 Å². The zero-order valence-electron chi connectivity index (χ0n) is 17.2. The minimum atomic E-state index is -0.433. The molecule has 0 bridgehead atoms. The highest BCUT2D eigenvalue weighted by Gasteiger charge is 2.28. The molecule has 0 aliphatic carbocycles. The third kappa shape index (κ3) is 5.92. The summed E-state index contributed by atoms with van der Waals surface area (Å²) < 4.78 is 10.2. The Bertz CT molecular complexity index is 855. The first-order valence-corrected chi connectivity index (χ1v) is 10.3. The van der Waals surface area contributed by atoms with Crippen LogP contribution in [0, 0.1) is 5.92 Å². The largest absolute Gasteiger partial charge is 0.466 e. The lowest BCUT2D eigenvalue weighted by molar-refractivity contribution is -0.154. The van der Waals surface area contributed by atoms with E-state index in [1.807, 2.05) is 54.6 Å². The van der Waals surface area contributed by atoms with Crippen molar-refractivity contribution in [3.63, 3.8) is 0 Å². The molecule has 1 amide bonds. The molecule has 0 aromatic heterocycles. The molecule has 1 saturated heterocycles. The van der Waals surface area contributed by atoms with E-state index in [2.05, 4.69) is 0 Å². The molecule has 0 radical (unpaired) electrons. The molecular formula is C24H27NO5. The zero-order valence-corrected chi connectivity index (χ0v) is 17.2. The number of ether oxygens (including phenoxy) is 2. The number of nitrogens with zero attached hydrogens (tertiary/aromatic N) is 1. The Balaban J connectivity index is 1.41. The molecule has 3 rings (SSSR count). The third-order valence-electron chi connectivity index (χ3n) is 5.23. The van der Waals surface area contributed by atoms with E-state index in [1.54, 1.807) is 11.8 Å². The summed E-state index contributed by atoms with van der Waals surface area (Å²) in [4.78, 5) is 37.8. The highest BCUT2D eigenvalue weighted by Crippen LogP contribution is 2.20. The maximum Gasteiger partial charge on any atom is 0.310 e. The Hall–Kier alpha value is -3.15. The molecule has 6 heteroatoms. The average Bonchev–Trinajstić information content (AvgIpc) is 2.79. The van der Waals surface area contributed by atoms with Crippen molar-refractivity contribution >= 4 is 17.8 Å². The van der Waals surface area contributed by atoms with Gasteiger partial charge < -0.3 is 14.4 Å². The lowest BCUT2D eigenvalue weighted by atomic mass is 9.97. The normalized spacial score (nSPS) is 14.2. The second kappa shape index (κ2) is 10.6. The standard InChI is InChI=1S/C24H27NO5/c1-2-29-24(28)21-12-14-25(15-13-21)22(26)17-30-23(27)16-18-8-10-20(11-9-18)19-6-4-3-5-7-19/h3-11,21H,2,12-17H2,1H3. The SMILES string of the molecule is CCOC(=O)C1CCN(C(=O)COC(=O)Cc2ccc(-c3ccccc3)cc2)CC1. The Labute approximate surface area is 176 Å². The number of amides is 1. The van der Waals surface area contributed by atoms with E-state index in [0.29, 0.717) is 32.5 Å². The summed E-state index contributed by atoms with van der Waals surface area (Å²) in [5.74, 6) is -1.02. The minimum absolute atomic E-state index is 0.118. The number of rotatable bonds is 7. The molecule has 1 aliphatic rings. The fourth-order valence-electron chi connectivity index (χ4n) is 3.52. The van der Waals surface area contributed by atoms with E-state index in [1.165, 1.54) is 0 Å². The van der Waals surface area contributed by atoms with Gasteiger partial charge >= 0.3 is 11.9 Å². The first-order valence-electron chi connectivity index (χ1n) is 10.3. The number of esters is 2. The van der Waals surface area contributed by atoms with Gasteiger partial charge in [0.1, 0.15) is 0 Å². The number of benzene rings is 2. The van der Waals surface area contributed by atoms with Gasteiger partial charge in [0, 0.05) is 13.1 Å². The van der Waals surface area contributed by atoms with E-state index in [4.69, 9.17) is 9.47 Å². The molecule has 0 spiro atoms. The van der Waals surface area contributed by atoms with Gasteiger partial charge in [-0.15, -0.1) is 0 Å². The number of carbonyl (C=O) groups excluding carboxylic acids is 3. The van der Waals surface area contributed by atoms with E-state index in [-0.39, 0.29) is 30.8 Å². The lowest BCUT2D eigenvalue weighted by Crippen LogP contribution is -2.42. The molecule has 1 aliphatic heterocycles. The summed E-state index contributed by atoms with van der Waals surface area (Å²) in [5, 5.41) is 0. The van der Waals surface area contributed by atoms with Crippen LogP contribution in [0.25, 0.3) is 11.1 Å². The van der Waals surface area contributed by atoms with E-state index in [0.717, 1.165) is 16.7 Å². The molecular weight excluding hydrogens is 382 g/mol. The quantitative estimate of drug-likeness (QED) is 0.657. The molecule has 30 heavy (non-hydrogen) atoms. The number of hydrogen-bond donors (Lipinski definition) is 0. The van der Waals surface area contributed by atoms with Crippen LogP contribution in [0.3, 0.4) is 0 Å². The van der Waals surface area contributed by atoms with Gasteiger partial charge in [-0.25, -0.2) is 0 Å². The van der Waals surface area contributed by atoms with Crippen LogP contribution in [0.4, 0.5) is 0 Å². The Morgan fingerprint density at radius 2 is 1.53 bits per heavy atom. The molecule has 0 unspecified atom stereocenters. The topological polar surface area (TPSA) is 72.9 Å². The molecule has 6 nitrogen and oxygen atoms in total. The van der Waals surface area contributed by atoms with Gasteiger partial charge in [0.05, 0.1) is 18.9 Å². The molecule has 0 N–H and O–H groups in total. The maximum atomic E-state index is 12.3. The number of carbonyl (C=O) groups is 3. The van der Waals surface area contributed by atoms with Crippen molar-refractivity contribution < 1.29 is 23.9 Å². The van der Waals surface area contributed by atoms with E-state index < -0.39 is 5.97 Å². The summed E-state index contributed by atoms with van der Waals surface area (Å²) >= 11 is 0. The lowest BCUT2D eigenvalue weighted by Gasteiger charge is -2.30. The molecule has 1 heterocycles. The van der Waals surface area contributed by atoms with Gasteiger partial charge in [0.15, 0.2) is 6.61 Å². The maximum absolute atomic E-state index is 12.3. The third-order valence-corrected chi connectivity index (χ3v) is 5.23. The number of hydrogen-bond acceptors (Lipinski definition) is 5. The smallest absolute Gasteiger partial charge is 0.310 e. The highest BCUT2D eigenvalue weighted by atomic mass is 16.5. The van der Waals surface area contributed by atoms with Crippen LogP contribution in [-0.4, -0.2) is 49.0 Å². The summed E-state index contributed by atoms with van der Waals surface area (Å²) in [6.45, 7) is 2.82. The molecule has 0 atom stereocenters. The Kier molecular flexibility index (Phi) is 7.60. The summed E-state index contributed by atoms with van der Waals surface area (Å²) in [6, 6.07) is 17.7. The molecule has 2 aromatic rings. The van der Waals surface area contributed by atoms with Gasteiger partial charge in [-0.05, 0) is 36.5 Å². The van der Waals surface area contributed by atoms with Crippen LogP contribution in [0.1, 0.15) is 25.3 Å². The average molecular weight is 409 g/mol.